The predicted octanol–water partition coefficient (Wildman–Crippen LogP) is 4.09. The number of alkyl halides is 3. The van der Waals surface area contributed by atoms with Gasteiger partial charge in [-0.25, -0.2) is 0 Å². The number of hydrogen-bond donors (Lipinski definition) is 2. The van der Waals surface area contributed by atoms with E-state index in [9.17, 15) is 18.3 Å². The Morgan fingerprint density at radius 1 is 1.10 bits per heavy atom. The Hall–Kier alpha value is -1.23. The first kappa shape index (κ1) is 14.7. The lowest BCUT2D eigenvalue weighted by molar-refractivity contribution is -0.189. The average molecular weight is 299 g/mol. The van der Waals surface area contributed by atoms with Crippen LogP contribution in [0.1, 0.15) is 49.3 Å². The molecule has 2 aliphatic rings. The van der Waals surface area contributed by atoms with Gasteiger partial charge in [-0.05, 0) is 42.9 Å². The highest BCUT2D eigenvalue weighted by Crippen LogP contribution is 2.41. The minimum atomic E-state index is -4.13. The fourth-order valence-electron chi connectivity index (χ4n) is 3.79. The smallest absolute Gasteiger partial charge is 0.393 e. The van der Waals surface area contributed by atoms with Crippen molar-refractivity contribution in [2.45, 2.75) is 56.8 Å². The van der Waals surface area contributed by atoms with Crippen LogP contribution in [0.2, 0.25) is 0 Å². The van der Waals surface area contributed by atoms with Gasteiger partial charge in [0.05, 0.1) is 5.92 Å². The van der Waals surface area contributed by atoms with Gasteiger partial charge in [0.25, 0.3) is 0 Å². The number of fused-ring (bicyclic) bond motifs is 1. The van der Waals surface area contributed by atoms with Crippen molar-refractivity contribution in [2.24, 2.45) is 5.92 Å². The first-order valence-electron chi connectivity index (χ1n) is 7.60. The lowest BCUT2D eigenvalue weighted by Crippen LogP contribution is -2.46. The van der Waals surface area contributed by atoms with Gasteiger partial charge in [0.1, 0.15) is 5.75 Å². The molecule has 3 unspecified atom stereocenters. The highest BCUT2D eigenvalue weighted by molar-refractivity contribution is 5.44. The molecule has 1 aromatic rings. The van der Waals surface area contributed by atoms with E-state index in [2.05, 4.69) is 5.32 Å². The molecule has 0 amide bonds. The Kier molecular flexibility index (Phi) is 3.86. The van der Waals surface area contributed by atoms with Crippen LogP contribution in [0.3, 0.4) is 0 Å². The van der Waals surface area contributed by atoms with E-state index in [-0.39, 0.29) is 18.2 Å². The molecule has 5 heteroatoms. The minimum absolute atomic E-state index is 0.0694. The normalized spacial score (nSPS) is 29.4. The zero-order chi connectivity index (χ0) is 15.0. The van der Waals surface area contributed by atoms with Crippen molar-refractivity contribution in [2.75, 3.05) is 0 Å². The average Bonchev–Trinajstić information content (AvgIpc) is 2.83. The zero-order valence-electron chi connectivity index (χ0n) is 11.8. The summed E-state index contributed by atoms with van der Waals surface area (Å²) in [5, 5.41) is 13.1. The molecule has 0 aliphatic heterocycles. The van der Waals surface area contributed by atoms with Gasteiger partial charge in [0.2, 0.25) is 0 Å². The van der Waals surface area contributed by atoms with E-state index in [1.165, 1.54) is 0 Å². The summed E-state index contributed by atoms with van der Waals surface area (Å²) in [5.74, 6) is -0.986. The number of phenolic OH excluding ortho intramolecular Hbond substituents is 1. The Labute approximate surface area is 122 Å². The molecular formula is C16H20F3NO. The monoisotopic (exact) mass is 299 g/mol. The summed E-state index contributed by atoms with van der Waals surface area (Å²) in [5.41, 5.74) is 1.84. The number of hydrogen-bond acceptors (Lipinski definition) is 2. The van der Waals surface area contributed by atoms with Crippen molar-refractivity contribution in [3.8, 4) is 5.75 Å². The Balaban J connectivity index is 1.77. The van der Waals surface area contributed by atoms with Crippen molar-refractivity contribution >= 4 is 0 Å². The maximum atomic E-state index is 13.1. The van der Waals surface area contributed by atoms with Crippen molar-refractivity contribution in [3.05, 3.63) is 29.3 Å². The molecule has 3 rings (SSSR count). The highest BCUT2D eigenvalue weighted by Gasteiger charge is 2.46. The molecular weight excluding hydrogens is 279 g/mol. The molecule has 21 heavy (non-hydrogen) atoms. The van der Waals surface area contributed by atoms with Crippen LogP contribution < -0.4 is 5.32 Å². The second-order valence-corrected chi connectivity index (χ2v) is 6.14. The second kappa shape index (κ2) is 5.52. The first-order valence-corrected chi connectivity index (χ1v) is 7.60. The van der Waals surface area contributed by atoms with Crippen LogP contribution in [0, 0.1) is 5.92 Å². The molecule has 116 valence electrons. The molecule has 2 nitrogen and oxygen atoms in total. The molecule has 2 aliphatic carbocycles. The Morgan fingerprint density at radius 3 is 2.62 bits per heavy atom. The molecule has 0 heterocycles. The third-order valence-electron chi connectivity index (χ3n) is 4.85. The molecule has 1 aromatic carbocycles. The molecule has 0 spiro atoms. The van der Waals surface area contributed by atoms with Gasteiger partial charge < -0.3 is 10.4 Å². The molecule has 0 aromatic heterocycles. The fourth-order valence-corrected chi connectivity index (χ4v) is 3.79. The number of phenols is 1. The van der Waals surface area contributed by atoms with Crippen LogP contribution in [-0.4, -0.2) is 17.3 Å². The lowest BCUT2D eigenvalue weighted by Gasteiger charge is -2.35. The molecule has 0 radical (unpaired) electrons. The van der Waals surface area contributed by atoms with E-state index in [1.54, 1.807) is 12.1 Å². The summed E-state index contributed by atoms with van der Waals surface area (Å²) in [6.45, 7) is 0. The number of nitrogens with one attached hydrogen (secondary N) is 1. The van der Waals surface area contributed by atoms with E-state index in [4.69, 9.17) is 0 Å². The second-order valence-electron chi connectivity index (χ2n) is 6.14. The number of rotatable bonds is 2. The van der Waals surface area contributed by atoms with E-state index < -0.39 is 18.1 Å². The standard InChI is InChI=1S/C16H20F3NO/c17-16(18,19)12-5-1-2-6-14(12)20-13-9-8-11-10(13)4-3-7-15(11)21/h3-4,7,12-14,20-21H,1-2,5-6,8-9H2. The van der Waals surface area contributed by atoms with Crippen molar-refractivity contribution < 1.29 is 18.3 Å². The van der Waals surface area contributed by atoms with Crippen molar-refractivity contribution in [3.63, 3.8) is 0 Å². The SMILES string of the molecule is Oc1cccc2c1CCC2NC1CCCCC1C(F)(F)F. The lowest BCUT2D eigenvalue weighted by atomic mass is 9.83. The maximum absolute atomic E-state index is 13.1. The van der Waals surface area contributed by atoms with Gasteiger partial charge in [-0.2, -0.15) is 13.2 Å². The number of benzene rings is 1. The molecule has 3 atom stereocenters. The van der Waals surface area contributed by atoms with Gasteiger partial charge in [0.15, 0.2) is 0 Å². The van der Waals surface area contributed by atoms with Gasteiger partial charge in [-0.15, -0.1) is 0 Å². The fraction of sp³-hybridized carbons (Fsp3) is 0.625. The van der Waals surface area contributed by atoms with Crippen LogP contribution in [0.15, 0.2) is 18.2 Å². The van der Waals surface area contributed by atoms with E-state index >= 15 is 0 Å². The zero-order valence-corrected chi connectivity index (χ0v) is 11.8. The summed E-state index contributed by atoms with van der Waals surface area (Å²) < 4.78 is 39.4. The van der Waals surface area contributed by atoms with Gasteiger partial charge >= 0.3 is 6.18 Å². The molecule has 0 saturated heterocycles. The van der Waals surface area contributed by atoms with Crippen LogP contribution >= 0.6 is 0 Å². The maximum Gasteiger partial charge on any atom is 0.393 e. The summed E-state index contributed by atoms with van der Waals surface area (Å²) in [7, 11) is 0. The highest BCUT2D eigenvalue weighted by atomic mass is 19.4. The van der Waals surface area contributed by atoms with Crippen LogP contribution in [0.25, 0.3) is 0 Å². The van der Waals surface area contributed by atoms with E-state index in [0.29, 0.717) is 12.8 Å². The van der Waals surface area contributed by atoms with Gasteiger partial charge in [-0.1, -0.05) is 25.0 Å². The largest absolute Gasteiger partial charge is 0.508 e. The quantitative estimate of drug-likeness (QED) is 0.862. The molecule has 1 saturated carbocycles. The Morgan fingerprint density at radius 2 is 1.86 bits per heavy atom. The molecule has 1 fully saturated rings. The third-order valence-corrected chi connectivity index (χ3v) is 4.85. The van der Waals surface area contributed by atoms with Crippen molar-refractivity contribution in [1.82, 2.24) is 5.32 Å². The van der Waals surface area contributed by atoms with Crippen LogP contribution in [0.4, 0.5) is 13.2 Å². The number of halogens is 3. The summed E-state index contributed by atoms with van der Waals surface area (Å²) in [6.07, 6.45) is -0.334. The van der Waals surface area contributed by atoms with E-state index in [1.807, 2.05) is 6.07 Å². The Bertz CT molecular complexity index is 515. The van der Waals surface area contributed by atoms with Crippen LogP contribution in [-0.2, 0) is 6.42 Å². The first-order chi connectivity index (χ1) is 9.97. The van der Waals surface area contributed by atoms with Gasteiger partial charge in [-0.3, -0.25) is 0 Å². The van der Waals surface area contributed by atoms with Crippen LogP contribution in [0.5, 0.6) is 5.75 Å². The molecule has 0 bridgehead atoms. The number of aromatic hydroxyl groups is 1. The summed E-state index contributed by atoms with van der Waals surface area (Å²) >= 11 is 0. The molecule has 2 N–H and O–H groups in total. The van der Waals surface area contributed by atoms with Crippen molar-refractivity contribution in [1.29, 1.82) is 0 Å². The van der Waals surface area contributed by atoms with Gasteiger partial charge in [0, 0.05) is 12.1 Å². The summed E-state index contributed by atoms with van der Waals surface area (Å²) in [4.78, 5) is 0. The van der Waals surface area contributed by atoms with E-state index in [0.717, 1.165) is 30.4 Å². The predicted molar refractivity (Wildman–Crippen MR) is 74.1 cm³/mol. The third kappa shape index (κ3) is 2.89. The minimum Gasteiger partial charge on any atom is -0.508 e. The summed E-state index contributed by atoms with van der Waals surface area (Å²) in [6, 6.07) is 4.74. The topological polar surface area (TPSA) is 32.3 Å².